The zero-order valence-corrected chi connectivity index (χ0v) is 8.26. The monoisotopic (exact) mass is 197 g/mol. The minimum atomic E-state index is -0.508. The molecule has 5 heteroatoms. The zero-order chi connectivity index (χ0) is 9.97. The lowest BCUT2D eigenvalue weighted by Gasteiger charge is -2.25. The number of aromatic nitrogens is 3. The molecule has 1 aromatic rings. The number of hydrogen-bond acceptors (Lipinski definition) is 4. The van der Waals surface area contributed by atoms with Crippen LogP contribution in [0.5, 0.6) is 0 Å². The standard InChI is InChI=1S/C9H15N3O2/c1-12-9(10-6-11-12)8(13)7-2-4-14-5-3-7/h6-8,13H,2-5H2,1H3. The van der Waals surface area contributed by atoms with E-state index in [0.29, 0.717) is 5.82 Å². The van der Waals surface area contributed by atoms with Gasteiger partial charge < -0.3 is 9.84 Å². The van der Waals surface area contributed by atoms with Gasteiger partial charge >= 0.3 is 0 Å². The van der Waals surface area contributed by atoms with E-state index in [4.69, 9.17) is 4.74 Å². The van der Waals surface area contributed by atoms with Gasteiger partial charge in [0, 0.05) is 20.3 Å². The van der Waals surface area contributed by atoms with E-state index in [9.17, 15) is 5.11 Å². The Bertz CT molecular complexity index is 294. The van der Waals surface area contributed by atoms with Crippen molar-refractivity contribution in [3.05, 3.63) is 12.2 Å². The fourth-order valence-corrected chi connectivity index (χ4v) is 1.82. The molecule has 0 aliphatic carbocycles. The second-order valence-electron chi connectivity index (χ2n) is 3.64. The third-order valence-corrected chi connectivity index (χ3v) is 2.72. The van der Waals surface area contributed by atoms with Crippen molar-refractivity contribution in [3.63, 3.8) is 0 Å². The van der Waals surface area contributed by atoms with Crippen molar-refractivity contribution in [2.75, 3.05) is 13.2 Å². The maximum atomic E-state index is 10.0. The maximum Gasteiger partial charge on any atom is 0.155 e. The van der Waals surface area contributed by atoms with Crippen LogP contribution in [0, 0.1) is 5.92 Å². The number of aryl methyl sites for hydroxylation is 1. The summed E-state index contributed by atoms with van der Waals surface area (Å²) in [6.45, 7) is 1.47. The first-order valence-electron chi connectivity index (χ1n) is 4.88. The van der Waals surface area contributed by atoms with Gasteiger partial charge in [-0.15, -0.1) is 0 Å². The molecule has 0 saturated carbocycles. The van der Waals surface area contributed by atoms with E-state index in [1.165, 1.54) is 6.33 Å². The summed E-state index contributed by atoms with van der Waals surface area (Å²) in [4.78, 5) is 4.05. The highest BCUT2D eigenvalue weighted by Gasteiger charge is 2.26. The van der Waals surface area contributed by atoms with Crippen molar-refractivity contribution in [1.82, 2.24) is 14.8 Å². The van der Waals surface area contributed by atoms with Crippen molar-refractivity contribution in [3.8, 4) is 0 Å². The van der Waals surface area contributed by atoms with Crippen molar-refractivity contribution in [2.45, 2.75) is 18.9 Å². The van der Waals surface area contributed by atoms with E-state index < -0.39 is 6.10 Å². The normalized spacial score (nSPS) is 21.0. The summed E-state index contributed by atoms with van der Waals surface area (Å²) < 4.78 is 6.87. The number of aliphatic hydroxyl groups is 1. The van der Waals surface area contributed by atoms with Crippen LogP contribution in [0.3, 0.4) is 0 Å². The molecule has 1 aliphatic rings. The SMILES string of the molecule is Cn1ncnc1C(O)C1CCOCC1. The van der Waals surface area contributed by atoms with E-state index >= 15 is 0 Å². The number of aliphatic hydroxyl groups excluding tert-OH is 1. The molecule has 2 heterocycles. The summed E-state index contributed by atoms with van der Waals surface area (Å²) in [7, 11) is 1.80. The van der Waals surface area contributed by atoms with Gasteiger partial charge in [0.1, 0.15) is 12.4 Å². The molecule has 1 atom stereocenters. The molecular weight excluding hydrogens is 182 g/mol. The van der Waals surface area contributed by atoms with Gasteiger partial charge in [-0.1, -0.05) is 0 Å². The van der Waals surface area contributed by atoms with Gasteiger partial charge in [-0.05, 0) is 18.8 Å². The molecule has 1 saturated heterocycles. The van der Waals surface area contributed by atoms with Crippen molar-refractivity contribution in [2.24, 2.45) is 13.0 Å². The highest BCUT2D eigenvalue weighted by molar-refractivity contribution is 4.93. The third-order valence-electron chi connectivity index (χ3n) is 2.72. The molecular formula is C9H15N3O2. The van der Waals surface area contributed by atoms with Crippen LogP contribution < -0.4 is 0 Å². The predicted octanol–water partition coefficient (Wildman–Crippen LogP) is 0.275. The van der Waals surface area contributed by atoms with Crippen LogP contribution in [0.15, 0.2) is 6.33 Å². The highest BCUT2D eigenvalue weighted by Crippen LogP contribution is 2.28. The first-order chi connectivity index (χ1) is 6.79. The molecule has 78 valence electrons. The van der Waals surface area contributed by atoms with Gasteiger partial charge in [0.25, 0.3) is 0 Å². The van der Waals surface area contributed by atoms with Gasteiger partial charge in [-0.2, -0.15) is 5.10 Å². The Balaban J connectivity index is 2.07. The average Bonchev–Trinajstić information content (AvgIpc) is 2.65. The lowest BCUT2D eigenvalue weighted by Crippen LogP contribution is -2.24. The fourth-order valence-electron chi connectivity index (χ4n) is 1.82. The molecule has 0 aromatic carbocycles. The Hall–Kier alpha value is -0.940. The molecule has 0 spiro atoms. The number of rotatable bonds is 2. The number of hydrogen-bond donors (Lipinski definition) is 1. The van der Waals surface area contributed by atoms with Crippen LogP contribution in [-0.4, -0.2) is 33.1 Å². The van der Waals surface area contributed by atoms with E-state index in [1.807, 2.05) is 0 Å². The summed E-state index contributed by atoms with van der Waals surface area (Å²) in [6, 6.07) is 0. The second-order valence-corrected chi connectivity index (χ2v) is 3.64. The first-order valence-corrected chi connectivity index (χ1v) is 4.88. The fraction of sp³-hybridized carbons (Fsp3) is 0.778. The summed E-state index contributed by atoms with van der Waals surface area (Å²) in [5, 5.41) is 14.0. The lowest BCUT2D eigenvalue weighted by atomic mass is 9.93. The Labute approximate surface area is 82.7 Å². The minimum Gasteiger partial charge on any atom is -0.385 e. The Morgan fingerprint density at radius 3 is 2.86 bits per heavy atom. The quantitative estimate of drug-likeness (QED) is 0.739. The van der Waals surface area contributed by atoms with E-state index in [1.54, 1.807) is 11.7 Å². The van der Waals surface area contributed by atoms with Gasteiger partial charge in [0.15, 0.2) is 5.82 Å². The molecule has 1 aromatic heterocycles. The molecule has 1 N–H and O–H groups in total. The van der Waals surface area contributed by atoms with E-state index in [2.05, 4.69) is 10.1 Å². The smallest absolute Gasteiger partial charge is 0.155 e. The lowest BCUT2D eigenvalue weighted by molar-refractivity contribution is 0.00246. The highest BCUT2D eigenvalue weighted by atomic mass is 16.5. The molecule has 0 radical (unpaired) electrons. The van der Waals surface area contributed by atoms with E-state index in [0.717, 1.165) is 26.1 Å². The zero-order valence-electron chi connectivity index (χ0n) is 8.26. The first kappa shape index (κ1) is 9.61. The number of nitrogens with zero attached hydrogens (tertiary/aromatic N) is 3. The molecule has 14 heavy (non-hydrogen) atoms. The molecule has 0 amide bonds. The predicted molar refractivity (Wildman–Crippen MR) is 49.5 cm³/mol. The second kappa shape index (κ2) is 4.06. The Kier molecular flexibility index (Phi) is 2.79. The molecule has 1 aliphatic heterocycles. The molecule has 1 unspecified atom stereocenters. The van der Waals surface area contributed by atoms with Crippen LogP contribution in [0.4, 0.5) is 0 Å². The summed E-state index contributed by atoms with van der Waals surface area (Å²) in [5.41, 5.74) is 0. The summed E-state index contributed by atoms with van der Waals surface area (Å²) in [6.07, 6.45) is 2.76. The van der Waals surface area contributed by atoms with Crippen LogP contribution in [0.2, 0.25) is 0 Å². The van der Waals surface area contributed by atoms with Gasteiger partial charge in [-0.25, -0.2) is 4.98 Å². The summed E-state index contributed by atoms with van der Waals surface area (Å²) >= 11 is 0. The van der Waals surface area contributed by atoms with Crippen LogP contribution in [0.25, 0.3) is 0 Å². The molecule has 5 nitrogen and oxygen atoms in total. The Morgan fingerprint density at radius 1 is 1.57 bits per heavy atom. The minimum absolute atomic E-state index is 0.256. The van der Waals surface area contributed by atoms with E-state index in [-0.39, 0.29) is 5.92 Å². The molecule has 0 bridgehead atoms. The molecule has 1 fully saturated rings. The average molecular weight is 197 g/mol. The van der Waals surface area contributed by atoms with Crippen molar-refractivity contribution in [1.29, 1.82) is 0 Å². The van der Waals surface area contributed by atoms with Crippen LogP contribution >= 0.6 is 0 Å². The van der Waals surface area contributed by atoms with Gasteiger partial charge in [-0.3, -0.25) is 4.68 Å². The van der Waals surface area contributed by atoms with Gasteiger partial charge in [0.05, 0.1) is 0 Å². The third kappa shape index (κ3) is 1.78. The van der Waals surface area contributed by atoms with Gasteiger partial charge in [0.2, 0.25) is 0 Å². The van der Waals surface area contributed by atoms with Crippen molar-refractivity contribution < 1.29 is 9.84 Å². The van der Waals surface area contributed by atoms with Crippen LogP contribution in [-0.2, 0) is 11.8 Å². The Morgan fingerprint density at radius 2 is 2.29 bits per heavy atom. The largest absolute Gasteiger partial charge is 0.385 e. The summed E-state index contributed by atoms with van der Waals surface area (Å²) in [5.74, 6) is 0.906. The van der Waals surface area contributed by atoms with Crippen molar-refractivity contribution >= 4 is 0 Å². The maximum absolute atomic E-state index is 10.0. The topological polar surface area (TPSA) is 60.2 Å². The van der Waals surface area contributed by atoms with Crippen LogP contribution in [0.1, 0.15) is 24.8 Å². The molecule has 2 rings (SSSR count). The number of ether oxygens (including phenoxy) is 1.